The standard InChI is InChI=1S/C23H19N3.Pt/c1-23(2,18-9-4-3-5-10-18)19-14-16-26(17-19)22-13-8-12-21(25-22)20-11-6-7-15-24-20;/h3-9,11-16H,1-2H3;/q-2;+2. The minimum absolute atomic E-state index is 0. The third kappa shape index (κ3) is 3.94. The van der Waals surface area contributed by atoms with Gasteiger partial charge in [0.2, 0.25) is 0 Å². The summed E-state index contributed by atoms with van der Waals surface area (Å²) in [6.45, 7) is 4.37. The van der Waals surface area contributed by atoms with E-state index in [9.17, 15) is 0 Å². The monoisotopic (exact) mass is 532 g/mol. The number of benzene rings is 1. The third-order valence-corrected chi connectivity index (χ3v) is 4.60. The second kappa shape index (κ2) is 8.02. The van der Waals surface area contributed by atoms with E-state index in [4.69, 9.17) is 4.98 Å². The van der Waals surface area contributed by atoms with Gasteiger partial charge in [-0.2, -0.15) is 42.0 Å². The number of rotatable bonds is 4. The van der Waals surface area contributed by atoms with Gasteiger partial charge in [0.15, 0.2) is 0 Å². The summed E-state index contributed by atoms with van der Waals surface area (Å²) in [4.78, 5) is 9.12. The molecule has 0 N–H and O–H groups in total. The fourth-order valence-corrected chi connectivity index (χ4v) is 2.98. The quantitative estimate of drug-likeness (QED) is 0.352. The zero-order valence-corrected chi connectivity index (χ0v) is 17.4. The summed E-state index contributed by atoms with van der Waals surface area (Å²) in [6.07, 6.45) is 7.25. The summed E-state index contributed by atoms with van der Waals surface area (Å²) in [5, 5.41) is 0. The van der Waals surface area contributed by atoms with Crippen LogP contribution in [0.5, 0.6) is 0 Å². The molecule has 0 spiro atoms. The van der Waals surface area contributed by atoms with Gasteiger partial charge in [-0.3, -0.25) is 9.97 Å². The van der Waals surface area contributed by atoms with Gasteiger partial charge in [-0.15, -0.1) is 11.8 Å². The number of hydrogen-bond donors (Lipinski definition) is 0. The average molecular weight is 533 g/mol. The third-order valence-electron chi connectivity index (χ3n) is 4.60. The summed E-state index contributed by atoms with van der Waals surface area (Å²) in [5.41, 5.74) is 3.78. The molecule has 3 heterocycles. The van der Waals surface area contributed by atoms with Crippen LogP contribution in [0.3, 0.4) is 0 Å². The van der Waals surface area contributed by atoms with Crippen molar-refractivity contribution in [3.8, 4) is 17.2 Å². The molecule has 0 saturated carbocycles. The normalized spacial score (nSPS) is 11.0. The van der Waals surface area contributed by atoms with Crippen LogP contribution in [0.1, 0.15) is 25.0 Å². The van der Waals surface area contributed by atoms with Crippen LogP contribution in [0.4, 0.5) is 0 Å². The maximum atomic E-state index is 4.74. The Bertz CT molecular complexity index is 1010. The molecule has 136 valence electrons. The fourth-order valence-electron chi connectivity index (χ4n) is 2.98. The first kappa shape index (κ1) is 19.3. The van der Waals surface area contributed by atoms with Gasteiger partial charge in [0.05, 0.1) is 17.2 Å². The summed E-state index contributed by atoms with van der Waals surface area (Å²) >= 11 is 0. The van der Waals surface area contributed by atoms with Crippen LogP contribution >= 0.6 is 0 Å². The van der Waals surface area contributed by atoms with Crippen molar-refractivity contribution >= 4 is 0 Å². The van der Waals surface area contributed by atoms with Gasteiger partial charge in [0, 0.05) is 6.20 Å². The minimum atomic E-state index is -0.175. The molecule has 0 fully saturated rings. The van der Waals surface area contributed by atoms with Crippen molar-refractivity contribution in [2.75, 3.05) is 0 Å². The predicted molar refractivity (Wildman–Crippen MR) is 103 cm³/mol. The van der Waals surface area contributed by atoms with Crippen molar-refractivity contribution in [3.63, 3.8) is 0 Å². The molecule has 0 aliphatic rings. The van der Waals surface area contributed by atoms with E-state index in [0.29, 0.717) is 0 Å². The molecular formula is C23H19N3Pt. The van der Waals surface area contributed by atoms with Gasteiger partial charge in [0.1, 0.15) is 0 Å². The largest absolute Gasteiger partial charge is 2.00 e. The molecule has 0 unspecified atom stereocenters. The Morgan fingerprint density at radius 2 is 1.67 bits per heavy atom. The number of hydrogen-bond acceptors (Lipinski definition) is 2. The van der Waals surface area contributed by atoms with E-state index in [-0.39, 0.29) is 26.5 Å². The van der Waals surface area contributed by atoms with E-state index < -0.39 is 0 Å². The molecule has 0 aliphatic heterocycles. The van der Waals surface area contributed by atoms with Crippen LogP contribution in [0.2, 0.25) is 0 Å². The molecule has 0 atom stereocenters. The Labute approximate surface area is 174 Å². The van der Waals surface area contributed by atoms with Crippen molar-refractivity contribution in [1.82, 2.24) is 14.5 Å². The van der Waals surface area contributed by atoms with E-state index >= 15 is 0 Å². The summed E-state index contributed by atoms with van der Waals surface area (Å²) in [7, 11) is 0. The summed E-state index contributed by atoms with van der Waals surface area (Å²) in [5.74, 6) is 0.826. The van der Waals surface area contributed by atoms with E-state index in [1.807, 2.05) is 65.4 Å². The van der Waals surface area contributed by atoms with Crippen LogP contribution < -0.4 is 0 Å². The van der Waals surface area contributed by atoms with Gasteiger partial charge in [0.25, 0.3) is 0 Å². The fraction of sp³-hybridized carbons (Fsp3) is 0.130. The molecule has 27 heavy (non-hydrogen) atoms. The Balaban J connectivity index is 0.00000210. The molecule has 0 saturated heterocycles. The first-order valence-corrected chi connectivity index (χ1v) is 8.62. The van der Waals surface area contributed by atoms with Crippen LogP contribution in [-0.2, 0) is 26.5 Å². The molecular weight excluding hydrogens is 513 g/mol. The molecule has 0 bridgehead atoms. The van der Waals surface area contributed by atoms with E-state index in [1.165, 1.54) is 0 Å². The van der Waals surface area contributed by atoms with E-state index in [2.05, 4.69) is 43.2 Å². The first-order valence-electron chi connectivity index (χ1n) is 8.62. The van der Waals surface area contributed by atoms with Crippen molar-refractivity contribution in [2.45, 2.75) is 19.3 Å². The maximum absolute atomic E-state index is 4.74. The zero-order chi connectivity index (χ0) is 18.0. The molecule has 0 amide bonds. The minimum Gasteiger partial charge on any atom is -0.435 e. The summed E-state index contributed by atoms with van der Waals surface area (Å²) < 4.78 is 1.94. The predicted octanol–water partition coefficient (Wildman–Crippen LogP) is 4.86. The molecule has 4 rings (SSSR count). The Morgan fingerprint density at radius 1 is 0.852 bits per heavy atom. The van der Waals surface area contributed by atoms with E-state index in [0.717, 1.165) is 28.3 Å². The van der Waals surface area contributed by atoms with Gasteiger partial charge in [-0.25, -0.2) is 0 Å². The second-order valence-electron chi connectivity index (χ2n) is 6.71. The SMILES string of the molecule is CC(C)(c1[c-]cccc1)c1[c-]n(-c2cccc(-c3ccccn3)n2)cc1.[Pt+2]. The van der Waals surface area contributed by atoms with Crippen LogP contribution in [-0.4, -0.2) is 14.5 Å². The average Bonchev–Trinajstić information content (AvgIpc) is 3.21. The van der Waals surface area contributed by atoms with Gasteiger partial charge in [-0.1, -0.05) is 38.2 Å². The molecule has 4 aromatic rings. The van der Waals surface area contributed by atoms with Crippen LogP contribution in [0.15, 0.2) is 79.1 Å². The maximum Gasteiger partial charge on any atom is 2.00 e. The van der Waals surface area contributed by atoms with Crippen molar-refractivity contribution < 1.29 is 21.1 Å². The van der Waals surface area contributed by atoms with Crippen molar-refractivity contribution in [2.24, 2.45) is 0 Å². The Morgan fingerprint density at radius 3 is 2.41 bits per heavy atom. The van der Waals surface area contributed by atoms with E-state index in [1.54, 1.807) is 6.20 Å². The van der Waals surface area contributed by atoms with Gasteiger partial charge in [-0.05, 0) is 23.6 Å². The Kier molecular flexibility index (Phi) is 5.72. The second-order valence-corrected chi connectivity index (χ2v) is 6.71. The number of nitrogens with zero attached hydrogens (tertiary/aromatic N) is 3. The zero-order valence-electron chi connectivity index (χ0n) is 15.2. The molecule has 3 aromatic heterocycles. The molecule has 4 heteroatoms. The first-order chi connectivity index (χ1) is 12.6. The molecule has 1 aromatic carbocycles. The van der Waals surface area contributed by atoms with Gasteiger partial charge < -0.3 is 4.57 Å². The van der Waals surface area contributed by atoms with Crippen molar-refractivity contribution in [3.05, 3.63) is 103 Å². The topological polar surface area (TPSA) is 30.7 Å². The Hall–Kier alpha value is -2.51. The summed E-state index contributed by atoms with van der Waals surface area (Å²) in [6, 6.07) is 25.3. The van der Waals surface area contributed by atoms with Crippen LogP contribution in [0, 0.1) is 12.3 Å². The number of pyridine rings is 2. The molecule has 3 nitrogen and oxygen atoms in total. The van der Waals surface area contributed by atoms with Gasteiger partial charge >= 0.3 is 21.1 Å². The molecule has 0 radical (unpaired) electrons. The molecule has 0 aliphatic carbocycles. The van der Waals surface area contributed by atoms with Crippen molar-refractivity contribution in [1.29, 1.82) is 0 Å². The number of aromatic nitrogens is 3. The van der Waals surface area contributed by atoms with Crippen LogP contribution in [0.25, 0.3) is 17.2 Å². The smallest absolute Gasteiger partial charge is 0.435 e.